The van der Waals surface area contributed by atoms with E-state index in [9.17, 15) is 18.0 Å². The Morgan fingerprint density at radius 3 is 2.61 bits per heavy atom. The first-order valence-corrected chi connectivity index (χ1v) is 12.5. The molecule has 0 aliphatic carbocycles. The Balaban J connectivity index is 1.53. The first-order chi connectivity index (χ1) is 13.4. The molecule has 1 unspecified atom stereocenters. The van der Waals surface area contributed by atoms with Crippen LogP contribution in [-0.4, -0.2) is 67.5 Å². The number of hydrogen-bond donors (Lipinski definition) is 1. The summed E-state index contributed by atoms with van der Waals surface area (Å²) in [6.07, 6.45) is 3.72. The van der Waals surface area contributed by atoms with E-state index in [0.29, 0.717) is 51.7 Å². The molecule has 2 amide bonds. The number of rotatable bonds is 7. The van der Waals surface area contributed by atoms with Crippen molar-refractivity contribution < 1.29 is 18.0 Å². The minimum atomic E-state index is -3.23. The van der Waals surface area contributed by atoms with Crippen molar-refractivity contribution in [3.05, 3.63) is 22.4 Å². The molecule has 0 radical (unpaired) electrons. The van der Waals surface area contributed by atoms with Gasteiger partial charge in [0.15, 0.2) is 0 Å². The van der Waals surface area contributed by atoms with Crippen molar-refractivity contribution in [2.24, 2.45) is 0 Å². The van der Waals surface area contributed by atoms with Crippen molar-refractivity contribution in [3.63, 3.8) is 0 Å². The largest absolute Gasteiger partial charge is 0.341 e. The van der Waals surface area contributed by atoms with Gasteiger partial charge in [-0.1, -0.05) is 13.0 Å². The van der Waals surface area contributed by atoms with Crippen LogP contribution in [0.5, 0.6) is 0 Å². The Bertz CT molecular complexity index is 771. The zero-order valence-corrected chi connectivity index (χ0v) is 17.9. The quantitative estimate of drug-likeness (QED) is 0.716. The molecule has 2 aliphatic rings. The predicted molar refractivity (Wildman–Crippen MR) is 110 cm³/mol. The molecule has 1 aromatic heterocycles. The smallest absolute Gasteiger partial charge is 0.245 e. The van der Waals surface area contributed by atoms with Crippen LogP contribution < -0.4 is 4.72 Å². The summed E-state index contributed by atoms with van der Waals surface area (Å²) in [5.74, 6) is 0.155. The van der Waals surface area contributed by atoms with Crippen LogP contribution in [0.15, 0.2) is 17.5 Å². The number of carbonyl (C=O) groups is 2. The average Bonchev–Trinajstić information content (AvgIpc) is 3.33. The zero-order chi connectivity index (χ0) is 20.1. The molecule has 3 heterocycles. The number of sulfonamides is 1. The van der Waals surface area contributed by atoms with Crippen molar-refractivity contribution in [1.29, 1.82) is 0 Å². The van der Waals surface area contributed by atoms with Gasteiger partial charge in [-0.25, -0.2) is 13.1 Å². The van der Waals surface area contributed by atoms with Gasteiger partial charge in [0.25, 0.3) is 0 Å². The van der Waals surface area contributed by atoms with Crippen LogP contribution in [0.1, 0.15) is 43.9 Å². The van der Waals surface area contributed by atoms with Crippen LogP contribution in [0.2, 0.25) is 0 Å². The van der Waals surface area contributed by atoms with Crippen LogP contribution in [-0.2, 0) is 26.0 Å². The lowest BCUT2D eigenvalue weighted by Gasteiger charge is -2.35. The number of piperidine rings is 1. The fourth-order valence-corrected chi connectivity index (χ4v) is 6.09. The molecule has 0 spiro atoms. The highest BCUT2D eigenvalue weighted by atomic mass is 32.2. The van der Waals surface area contributed by atoms with Crippen LogP contribution >= 0.6 is 11.3 Å². The van der Waals surface area contributed by atoms with E-state index in [0.717, 1.165) is 11.3 Å². The summed E-state index contributed by atoms with van der Waals surface area (Å²) in [5.41, 5.74) is 0. The minimum Gasteiger partial charge on any atom is -0.341 e. The minimum absolute atomic E-state index is 0.00638. The van der Waals surface area contributed by atoms with E-state index in [1.165, 1.54) is 0 Å². The number of likely N-dealkylation sites (tertiary alicyclic amines) is 2. The van der Waals surface area contributed by atoms with Crippen LogP contribution in [0.25, 0.3) is 0 Å². The Kier molecular flexibility index (Phi) is 7.11. The van der Waals surface area contributed by atoms with E-state index in [4.69, 9.17) is 0 Å². The third-order valence-electron chi connectivity index (χ3n) is 5.39. The van der Waals surface area contributed by atoms with Crippen molar-refractivity contribution in [1.82, 2.24) is 14.5 Å². The van der Waals surface area contributed by atoms with Gasteiger partial charge in [0.1, 0.15) is 6.04 Å². The standard InChI is InChI=1S/C19H29N3O4S2/c1-2-13-28(25,26)20-15-7-10-21(11-8-15)19(24)17-6-3-9-22(17)18(23)14-16-5-4-12-27-16/h4-5,12,15,17,20H,2-3,6-11,13-14H2,1H3. The van der Waals surface area contributed by atoms with Crippen LogP contribution in [0.3, 0.4) is 0 Å². The summed E-state index contributed by atoms with van der Waals surface area (Å²) in [4.78, 5) is 30.2. The summed E-state index contributed by atoms with van der Waals surface area (Å²) < 4.78 is 26.6. The van der Waals surface area contributed by atoms with Gasteiger partial charge in [0, 0.05) is 30.6 Å². The predicted octanol–water partition coefficient (Wildman–Crippen LogP) is 1.60. The van der Waals surface area contributed by atoms with E-state index in [2.05, 4.69) is 4.72 Å². The van der Waals surface area contributed by atoms with E-state index < -0.39 is 10.0 Å². The van der Waals surface area contributed by atoms with Gasteiger partial charge < -0.3 is 9.80 Å². The van der Waals surface area contributed by atoms with E-state index in [-0.39, 0.29) is 29.7 Å². The molecule has 1 N–H and O–H groups in total. The van der Waals surface area contributed by atoms with Gasteiger partial charge in [0.05, 0.1) is 12.2 Å². The van der Waals surface area contributed by atoms with E-state index in [1.54, 1.807) is 21.1 Å². The summed E-state index contributed by atoms with van der Waals surface area (Å²) in [6.45, 7) is 3.53. The van der Waals surface area contributed by atoms with Crippen LogP contribution in [0.4, 0.5) is 0 Å². The number of nitrogens with one attached hydrogen (secondary N) is 1. The Morgan fingerprint density at radius 2 is 1.96 bits per heavy atom. The number of amides is 2. The second-order valence-corrected chi connectivity index (χ2v) is 10.4. The molecule has 2 aliphatic heterocycles. The molecule has 0 saturated carbocycles. The van der Waals surface area contributed by atoms with E-state index >= 15 is 0 Å². The van der Waals surface area contributed by atoms with Gasteiger partial charge in [-0.15, -0.1) is 11.3 Å². The Morgan fingerprint density at radius 1 is 1.21 bits per heavy atom. The van der Waals surface area contributed by atoms with Crippen molar-refractivity contribution in [2.45, 2.75) is 57.5 Å². The maximum atomic E-state index is 13.0. The maximum absolute atomic E-state index is 13.0. The Hall–Kier alpha value is -1.45. The lowest BCUT2D eigenvalue weighted by atomic mass is 10.0. The summed E-state index contributed by atoms with van der Waals surface area (Å²) in [6, 6.07) is 3.39. The lowest BCUT2D eigenvalue weighted by Crippen LogP contribution is -2.52. The molecule has 28 heavy (non-hydrogen) atoms. The summed E-state index contributed by atoms with van der Waals surface area (Å²) >= 11 is 1.56. The lowest BCUT2D eigenvalue weighted by molar-refractivity contribution is -0.144. The molecular formula is C19H29N3O4S2. The summed E-state index contributed by atoms with van der Waals surface area (Å²) in [7, 11) is -3.23. The number of hydrogen-bond acceptors (Lipinski definition) is 5. The molecule has 2 fully saturated rings. The third kappa shape index (κ3) is 5.33. The Labute approximate surface area is 171 Å². The molecule has 2 saturated heterocycles. The number of carbonyl (C=O) groups excluding carboxylic acids is 2. The van der Waals surface area contributed by atoms with Crippen molar-refractivity contribution in [2.75, 3.05) is 25.4 Å². The zero-order valence-electron chi connectivity index (χ0n) is 16.3. The van der Waals surface area contributed by atoms with Gasteiger partial charge in [-0.3, -0.25) is 9.59 Å². The van der Waals surface area contributed by atoms with Gasteiger partial charge in [0.2, 0.25) is 21.8 Å². The maximum Gasteiger partial charge on any atom is 0.245 e. The van der Waals surface area contributed by atoms with Crippen molar-refractivity contribution >= 4 is 33.2 Å². The molecule has 3 rings (SSSR count). The first-order valence-electron chi connectivity index (χ1n) is 10.00. The molecule has 1 atom stereocenters. The second kappa shape index (κ2) is 9.37. The molecule has 9 heteroatoms. The molecular weight excluding hydrogens is 398 g/mol. The van der Waals surface area contributed by atoms with Gasteiger partial charge >= 0.3 is 0 Å². The second-order valence-electron chi connectivity index (χ2n) is 7.54. The molecule has 156 valence electrons. The molecule has 0 bridgehead atoms. The fourth-order valence-electron chi connectivity index (χ4n) is 4.00. The normalized spacial score (nSPS) is 21.2. The highest BCUT2D eigenvalue weighted by Crippen LogP contribution is 2.23. The average molecular weight is 428 g/mol. The van der Waals surface area contributed by atoms with Gasteiger partial charge in [-0.05, 0) is 43.6 Å². The van der Waals surface area contributed by atoms with Crippen LogP contribution in [0, 0.1) is 0 Å². The first kappa shape index (κ1) is 21.3. The molecule has 1 aromatic rings. The highest BCUT2D eigenvalue weighted by Gasteiger charge is 2.37. The van der Waals surface area contributed by atoms with Crippen molar-refractivity contribution in [3.8, 4) is 0 Å². The summed E-state index contributed by atoms with van der Waals surface area (Å²) in [5, 5.41) is 1.95. The fraction of sp³-hybridized carbons (Fsp3) is 0.684. The highest BCUT2D eigenvalue weighted by molar-refractivity contribution is 7.89. The third-order valence-corrected chi connectivity index (χ3v) is 7.90. The van der Waals surface area contributed by atoms with E-state index in [1.807, 2.05) is 24.4 Å². The monoisotopic (exact) mass is 427 g/mol. The molecule has 7 nitrogen and oxygen atoms in total. The SMILES string of the molecule is CCCS(=O)(=O)NC1CCN(C(=O)C2CCCN2C(=O)Cc2cccs2)CC1. The van der Waals surface area contributed by atoms with Gasteiger partial charge in [-0.2, -0.15) is 0 Å². The number of nitrogens with zero attached hydrogens (tertiary/aromatic N) is 2. The topological polar surface area (TPSA) is 86.8 Å². The molecule has 0 aromatic carbocycles. The number of thiophene rings is 1.